The van der Waals surface area contributed by atoms with Crippen LogP contribution in [0.1, 0.15) is 36.1 Å². The highest BCUT2D eigenvalue weighted by Gasteiger charge is 2.24. The Kier molecular flexibility index (Phi) is 4.02. The van der Waals surface area contributed by atoms with E-state index in [-0.39, 0.29) is 0 Å². The molecule has 0 spiro atoms. The van der Waals surface area contributed by atoms with E-state index in [4.69, 9.17) is 5.73 Å². The Balaban J connectivity index is 1.50. The summed E-state index contributed by atoms with van der Waals surface area (Å²) in [6.07, 6.45) is 6.78. The molecule has 0 unspecified atom stereocenters. The first-order chi connectivity index (χ1) is 8.85. The minimum Gasteiger partial charge on any atom is -0.330 e. The molecular formula is C15H24N2S. The normalized spacial score (nSPS) is 29.2. The van der Waals surface area contributed by atoms with Gasteiger partial charge in [-0.3, -0.25) is 4.90 Å². The van der Waals surface area contributed by atoms with Crippen molar-refractivity contribution >= 4 is 11.3 Å². The maximum atomic E-state index is 5.76. The molecule has 1 fully saturated rings. The highest BCUT2D eigenvalue weighted by molar-refractivity contribution is 7.10. The van der Waals surface area contributed by atoms with E-state index in [0.29, 0.717) is 0 Å². The monoisotopic (exact) mass is 264 g/mol. The van der Waals surface area contributed by atoms with Gasteiger partial charge in [-0.2, -0.15) is 0 Å². The molecule has 0 bridgehead atoms. The minimum atomic E-state index is 0.811. The highest BCUT2D eigenvalue weighted by Crippen LogP contribution is 2.30. The summed E-state index contributed by atoms with van der Waals surface area (Å²) in [5, 5.41) is 2.25. The zero-order valence-electron chi connectivity index (χ0n) is 11.1. The minimum absolute atomic E-state index is 0.811. The fourth-order valence-corrected chi connectivity index (χ4v) is 4.37. The maximum Gasteiger partial charge on any atom is 0.0245 e. The van der Waals surface area contributed by atoms with Crippen LogP contribution >= 0.6 is 11.3 Å². The van der Waals surface area contributed by atoms with Crippen LogP contribution in [0.25, 0.3) is 0 Å². The summed E-state index contributed by atoms with van der Waals surface area (Å²) in [7, 11) is 0. The van der Waals surface area contributed by atoms with Crippen LogP contribution in [0.15, 0.2) is 11.4 Å². The number of nitrogens with zero attached hydrogens (tertiary/aromatic N) is 1. The first-order valence-electron chi connectivity index (χ1n) is 7.33. The van der Waals surface area contributed by atoms with Crippen LogP contribution in [0, 0.1) is 11.8 Å². The molecule has 0 atom stereocenters. The molecule has 2 heterocycles. The van der Waals surface area contributed by atoms with Crippen LogP contribution in [-0.2, 0) is 13.0 Å². The number of rotatable bonds is 3. The molecule has 0 saturated heterocycles. The van der Waals surface area contributed by atoms with Crippen molar-refractivity contribution in [2.24, 2.45) is 17.6 Å². The van der Waals surface area contributed by atoms with E-state index in [1.165, 1.54) is 51.7 Å². The number of hydrogen-bond donors (Lipinski definition) is 1. The molecule has 1 aliphatic carbocycles. The van der Waals surface area contributed by atoms with Crippen molar-refractivity contribution in [2.75, 3.05) is 19.6 Å². The van der Waals surface area contributed by atoms with Crippen molar-refractivity contribution in [1.82, 2.24) is 4.90 Å². The van der Waals surface area contributed by atoms with Crippen molar-refractivity contribution < 1.29 is 0 Å². The molecule has 2 aliphatic rings. The molecule has 2 N–H and O–H groups in total. The molecule has 3 heteroatoms. The fraction of sp³-hybridized carbons (Fsp3) is 0.733. The third kappa shape index (κ3) is 2.79. The number of nitrogens with two attached hydrogens (primary N) is 1. The second-order valence-corrected chi connectivity index (χ2v) is 6.98. The fourth-order valence-electron chi connectivity index (χ4n) is 3.48. The molecule has 0 amide bonds. The summed E-state index contributed by atoms with van der Waals surface area (Å²) in [6, 6.07) is 2.32. The second kappa shape index (κ2) is 5.72. The van der Waals surface area contributed by atoms with Crippen molar-refractivity contribution in [3.05, 3.63) is 21.9 Å². The van der Waals surface area contributed by atoms with E-state index in [2.05, 4.69) is 16.3 Å². The van der Waals surface area contributed by atoms with Crippen LogP contribution in [0.5, 0.6) is 0 Å². The van der Waals surface area contributed by atoms with Gasteiger partial charge < -0.3 is 5.73 Å². The van der Waals surface area contributed by atoms with Gasteiger partial charge in [-0.25, -0.2) is 0 Å². The largest absolute Gasteiger partial charge is 0.330 e. The predicted octanol–water partition coefficient (Wildman–Crippen LogP) is 2.87. The lowest BCUT2D eigenvalue weighted by Gasteiger charge is -2.34. The van der Waals surface area contributed by atoms with Crippen molar-refractivity contribution in [3.63, 3.8) is 0 Å². The Morgan fingerprint density at radius 3 is 2.78 bits per heavy atom. The standard InChI is InChI=1S/C15H24N2S/c16-9-12-1-3-13(4-2-12)10-17-7-5-15-14(11-17)6-8-18-15/h6,8,12-13H,1-5,7,9-11,16H2. The zero-order valence-corrected chi connectivity index (χ0v) is 11.9. The maximum absolute atomic E-state index is 5.76. The van der Waals surface area contributed by atoms with E-state index in [0.717, 1.165) is 18.4 Å². The van der Waals surface area contributed by atoms with Gasteiger partial charge in [0.25, 0.3) is 0 Å². The molecule has 100 valence electrons. The molecular weight excluding hydrogens is 240 g/mol. The number of thiophene rings is 1. The predicted molar refractivity (Wildman–Crippen MR) is 77.8 cm³/mol. The first kappa shape index (κ1) is 12.6. The van der Waals surface area contributed by atoms with Gasteiger partial charge in [-0.1, -0.05) is 0 Å². The molecule has 0 radical (unpaired) electrons. The molecule has 3 rings (SSSR count). The van der Waals surface area contributed by atoms with Gasteiger partial charge in [-0.05, 0) is 67.5 Å². The lowest BCUT2D eigenvalue weighted by atomic mass is 9.81. The Morgan fingerprint density at radius 1 is 1.22 bits per heavy atom. The summed E-state index contributed by atoms with van der Waals surface area (Å²) in [5.74, 6) is 1.74. The van der Waals surface area contributed by atoms with Crippen LogP contribution in [0.4, 0.5) is 0 Å². The van der Waals surface area contributed by atoms with Gasteiger partial charge in [0.2, 0.25) is 0 Å². The van der Waals surface area contributed by atoms with Gasteiger partial charge in [0.15, 0.2) is 0 Å². The zero-order chi connectivity index (χ0) is 12.4. The van der Waals surface area contributed by atoms with Crippen molar-refractivity contribution in [1.29, 1.82) is 0 Å². The highest BCUT2D eigenvalue weighted by atomic mass is 32.1. The summed E-state index contributed by atoms with van der Waals surface area (Å²) in [5.41, 5.74) is 7.35. The van der Waals surface area contributed by atoms with Crippen LogP contribution < -0.4 is 5.73 Å². The Morgan fingerprint density at radius 2 is 2.00 bits per heavy atom. The quantitative estimate of drug-likeness (QED) is 0.909. The smallest absolute Gasteiger partial charge is 0.0245 e. The molecule has 1 saturated carbocycles. The van der Waals surface area contributed by atoms with E-state index < -0.39 is 0 Å². The topological polar surface area (TPSA) is 29.3 Å². The van der Waals surface area contributed by atoms with Gasteiger partial charge in [0.05, 0.1) is 0 Å². The molecule has 2 nitrogen and oxygen atoms in total. The summed E-state index contributed by atoms with van der Waals surface area (Å²) in [4.78, 5) is 4.29. The molecule has 18 heavy (non-hydrogen) atoms. The average molecular weight is 264 g/mol. The Bertz CT molecular complexity index is 380. The Hall–Kier alpha value is -0.380. The van der Waals surface area contributed by atoms with Crippen LogP contribution in [-0.4, -0.2) is 24.5 Å². The van der Waals surface area contributed by atoms with Crippen molar-refractivity contribution in [2.45, 2.75) is 38.6 Å². The number of fused-ring (bicyclic) bond motifs is 1. The summed E-state index contributed by atoms with van der Waals surface area (Å²) >= 11 is 1.94. The summed E-state index contributed by atoms with van der Waals surface area (Å²) in [6.45, 7) is 4.67. The lowest BCUT2D eigenvalue weighted by Crippen LogP contribution is -2.35. The number of hydrogen-bond acceptors (Lipinski definition) is 3. The van der Waals surface area contributed by atoms with Crippen molar-refractivity contribution in [3.8, 4) is 0 Å². The average Bonchev–Trinajstić information content (AvgIpc) is 2.87. The Labute approximate surface area is 114 Å². The third-order valence-corrected chi connectivity index (χ3v) is 5.73. The first-order valence-corrected chi connectivity index (χ1v) is 8.21. The van der Waals surface area contributed by atoms with E-state index in [9.17, 15) is 0 Å². The van der Waals surface area contributed by atoms with Gasteiger partial charge in [0.1, 0.15) is 0 Å². The molecule has 1 aromatic rings. The third-order valence-electron chi connectivity index (χ3n) is 4.70. The van der Waals surface area contributed by atoms with E-state index in [1.54, 1.807) is 10.4 Å². The van der Waals surface area contributed by atoms with Crippen LogP contribution in [0.2, 0.25) is 0 Å². The molecule has 0 aromatic carbocycles. The molecule has 1 aliphatic heterocycles. The SMILES string of the molecule is NCC1CCC(CN2CCc3sccc3C2)CC1. The second-order valence-electron chi connectivity index (χ2n) is 5.98. The van der Waals surface area contributed by atoms with E-state index in [1.807, 2.05) is 11.3 Å². The lowest BCUT2D eigenvalue weighted by molar-refractivity contribution is 0.171. The van der Waals surface area contributed by atoms with Gasteiger partial charge in [0, 0.05) is 24.5 Å². The van der Waals surface area contributed by atoms with E-state index >= 15 is 0 Å². The van der Waals surface area contributed by atoms with Gasteiger partial charge in [-0.15, -0.1) is 11.3 Å². The van der Waals surface area contributed by atoms with Crippen LogP contribution in [0.3, 0.4) is 0 Å². The van der Waals surface area contributed by atoms with Gasteiger partial charge >= 0.3 is 0 Å². The summed E-state index contributed by atoms with van der Waals surface area (Å²) < 4.78 is 0. The molecule has 1 aromatic heterocycles.